The zero-order valence-corrected chi connectivity index (χ0v) is 14.7. The molecule has 0 aliphatic carbocycles. The average molecular weight is 347 g/mol. The Kier molecular flexibility index (Phi) is 5.92. The van der Waals surface area contributed by atoms with Crippen molar-refractivity contribution in [2.75, 3.05) is 11.1 Å². The number of furan rings is 1. The molecule has 0 spiro atoms. The third-order valence-electron chi connectivity index (χ3n) is 3.40. The Bertz CT molecular complexity index is 742. The first-order chi connectivity index (χ1) is 11.4. The van der Waals surface area contributed by atoms with Crippen molar-refractivity contribution >= 4 is 29.4 Å². The number of aryl methyl sites for hydroxylation is 2. The molecule has 128 valence electrons. The number of anilines is 1. The predicted molar refractivity (Wildman–Crippen MR) is 95.1 cm³/mol. The van der Waals surface area contributed by atoms with Crippen LogP contribution in [0.4, 0.5) is 10.5 Å². The van der Waals surface area contributed by atoms with E-state index in [1.165, 1.54) is 11.8 Å². The van der Waals surface area contributed by atoms with E-state index in [0.29, 0.717) is 5.69 Å². The van der Waals surface area contributed by atoms with Crippen molar-refractivity contribution < 1.29 is 14.0 Å². The second-order valence-corrected chi connectivity index (χ2v) is 6.46. The molecule has 1 atom stereocenters. The highest BCUT2D eigenvalue weighted by molar-refractivity contribution is 8.00. The highest BCUT2D eigenvalue weighted by Crippen LogP contribution is 2.27. The minimum Gasteiger partial charge on any atom is -0.466 e. The second kappa shape index (κ2) is 7.92. The number of carbonyl (C=O) groups is 2. The molecular weight excluding hydrogens is 326 g/mol. The van der Waals surface area contributed by atoms with Crippen LogP contribution in [0.1, 0.15) is 30.0 Å². The summed E-state index contributed by atoms with van der Waals surface area (Å²) in [4.78, 5) is 24.0. The number of nitrogens with one attached hydrogen (secondary N) is 2. The fraction of sp³-hybridized carbons (Fsp3) is 0.294. The molecule has 0 saturated heterocycles. The molecule has 0 saturated carbocycles. The Labute approximate surface area is 145 Å². The molecule has 1 aromatic carbocycles. The molecule has 3 amide bonds. The predicted octanol–water partition coefficient (Wildman–Crippen LogP) is 3.36. The van der Waals surface area contributed by atoms with Crippen LogP contribution in [0.25, 0.3) is 0 Å². The largest absolute Gasteiger partial charge is 0.466 e. The van der Waals surface area contributed by atoms with Crippen LogP contribution in [0.5, 0.6) is 0 Å². The number of thioether (sulfide) groups is 1. The molecule has 0 fully saturated rings. The van der Waals surface area contributed by atoms with Crippen molar-refractivity contribution in [3.05, 3.63) is 47.4 Å². The minimum absolute atomic E-state index is 0.157. The quantitative estimate of drug-likeness (QED) is 0.698. The molecule has 1 unspecified atom stereocenters. The van der Waals surface area contributed by atoms with Gasteiger partial charge in [-0.3, -0.25) is 4.79 Å². The maximum Gasteiger partial charge on any atom is 0.319 e. The van der Waals surface area contributed by atoms with Crippen molar-refractivity contribution in [3.63, 3.8) is 0 Å². The summed E-state index contributed by atoms with van der Waals surface area (Å²) >= 11 is 1.29. The Morgan fingerprint density at radius 1 is 1.29 bits per heavy atom. The van der Waals surface area contributed by atoms with Crippen LogP contribution in [-0.4, -0.2) is 17.7 Å². The number of primary amides is 1. The Balaban J connectivity index is 2.02. The molecule has 2 aromatic rings. The third-order valence-corrected chi connectivity index (χ3v) is 4.49. The van der Waals surface area contributed by atoms with Gasteiger partial charge in [0.2, 0.25) is 5.91 Å². The number of carbonyl (C=O) groups excluding carboxylic acids is 2. The van der Waals surface area contributed by atoms with Crippen LogP contribution in [0.15, 0.2) is 39.6 Å². The van der Waals surface area contributed by atoms with Gasteiger partial charge in [0.05, 0.1) is 17.5 Å². The molecule has 0 aliphatic heterocycles. The summed E-state index contributed by atoms with van der Waals surface area (Å²) in [5, 5.41) is 5.69. The van der Waals surface area contributed by atoms with Gasteiger partial charge in [0.15, 0.2) is 0 Å². The lowest BCUT2D eigenvalue weighted by atomic mass is 10.1. The van der Waals surface area contributed by atoms with Crippen molar-refractivity contribution in [1.29, 1.82) is 0 Å². The van der Waals surface area contributed by atoms with E-state index in [-0.39, 0.29) is 17.8 Å². The summed E-state index contributed by atoms with van der Waals surface area (Å²) in [7, 11) is 0. The van der Waals surface area contributed by atoms with Crippen LogP contribution < -0.4 is 16.4 Å². The molecule has 24 heavy (non-hydrogen) atoms. The van der Waals surface area contributed by atoms with Crippen LogP contribution in [0.2, 0.25) is 0 Å². The maximum atomic E-state index is 12.3. The first-order valence-electron chi connectivity index (χ1n) is 7.51. The molecular formula is C17H21N3O3S. The first kappa shape index (κ1) is 17.9. The Morgan fingerprint density at radius 3 is 2.62 bits per heavy atom. The standard InChI is InChI=1S/C17H21N3O3S/c1-10-8-13(12(3)23-10)11(2)19-17(22)20-14-6-4-5-7-15(14)24-9-16(18)21/h4-8,11H,9H2,1-3H3,(H2,18,21)(H2,19,20,22). The van der Waals surface area contributed by atoms with Gasteiger partial charge >= 0.3 is 6.03 Å². The van der Waals surface area contributed by atoms with Crippen molar-refractivity contribution in [3.8, 4) is 0 Å². The van der Waals surface area contributed by atoms with E-state index in [4.69, 9.17) is 10.2 Å². The highest BCUT2D eigenvalue weighted by atomic mass is 32.2. The Hall–Kier alpha value is -2.41. The minimum atomic E-state index is -0.404. The average Bonchev–Trinajstić information content (AvgIpc) is 2.85. The summed E-state index contributed by atoms with van der Waals surface area (Å²) in [5.74, 6) is 1.35. The van der Waals surface area contributed by atoms with E-state index in [1.54, 1.807) is 6.07 Å². The smallest absolute Gasteiger partial charge is 0.319 e. The van der Waals surface area contributed by atoms with Crippen molar-refractivity contribution in [2.45, 2.75) is 31.7 Å². The maximum absolute atomic E-state index is 12.3. The number of para-hydroxylation sites is 1. The number of urea groups is 1. The van der Waals surface area contributed by atoms with Gasteiger partial charge in [-0.25, -0.2) is 4.79 Å². The summed E-state index contributed by atoms with van der Waals surface area (Å²) in [6.07, 6.45) is 0. The van der Waals surface area contributed by atoms with Gasteiger partial charge in [0.25, 0.3) is 0 Å². The van der Waals surface area contributed by atoms with Gasteiger partial charge in [0, 0.05) is 10.5 Å². The third kappa shape index (κ3) is 4.79. The second-order valence-electron chi connectivity index (χ2n) is 5.44. The molecule has 0 radical (unpaired) electrons. The lowest BCUT2D eigenvalue weighted by molar-refractivity contribution is -0.115. The van der Waals surface area contributed by atoms with Crippen LogP contribution in [-0.2, 0) is 4.79 Å². The first-order valence-corrected chi connectivity index (χ1v) is 8.50. The molecule has 1 heterocycles. The zero-order valence-electron chi connectivity index (χ0n) is 13.9. The lowest BCUT2D eigenvalue weighted by Gasteiger charge is -2.15. The SMILES string of the molecule is Cc1cc(C(C)NC(=O)Nc2ccccc2SCC(N)=O)c(C)o1. The normalized spacial score (nSPS) is 11.8. The van der Waals surface area contributed by atoms with Crippen LogP contribution >= 0.6 is 11.8 Å². The number of amides is 3. The topological polar surface area (TPSA) is 97.4 Å². The molecule has 0 aliphatic rings. The van der Waals surface area contributed by atoms with Gasteiger partial charge in [-0.05, 0) is 39.0 Å². The molecule has 6 nitrogen and oxygen atoms in total. The fourth-order valence-electron chi connectivity index (χ4n) is 2.36. The molecule has 4 N–H and O–H groups in total. The van der Waals surface area contributed by atoms with Crippen molar-refractivity contribution in [1.82, 2.24) is 5.32 Å². The molecule has 0 bridgehead atoms. The number of hydrogen-bond acceptors (Lipinski definition) is 4. The molecule has 7 heteroatoms. The summed E-state index contributed by atoms with van der Waals surface area (Å²) in [6, 6.07) is 8.66. The summed E-state index contributed by atoms with van der Waals surface area (Å²) in [6.45, 7) is 5.63. The van der Waals surface area contributed by atoms with Crippen LogP contribution in [0.3, 0.4) is 0 Å². The van der Waals surface area contributed by atoms with E-state index in [2.05, 4.69) is 10.6 Å². The van der Waals surface area contributed by atoms with E-state index in [0.717, 1.165) is 22.0 Å². The van der Waals surface area contributed by atoms with Crippen molar-refractivity contribution in [2.24, 2.45) is 5.73 Å². The van der Waals surface area contributed by atoms with E-state index in [9.17, 15) is 9.59 Å². The number of rotatable bonds is 6. The summed E-state index contributed by atoms with van der Waals surface area (Å²) < 4.78 is 5.49. The molecule has 2 rings (SSSR count). The number of nitrogens with two attached hydrogens (primary N) is 1. The Morgan fingerprint density at radius 2 is 2.00 bits per heavy atom. The number of hydrogen-bond donors (Lipinski definition) is 3. The van der Waals surface area contributed by atoms with Gasteiger partial charge < -0.3 is 20.8 Å². The summed E-state index contributed by atoms with van der Waals surface area (Å²) in [5.41, 5.74) is 6.75. The molecule has 1 aromatic heterocycles. The van der Waals surface area contributed by atoms with Gasteiger partial charge in [-0.1, -0.05) is 12.1 Å². The highest BCUT2D eigenvalue weighted by Gasteiger charge is 2.16. The number of benzene rings is 1. The monoisotopic (exact) mass is 347 g/mol. The van der Waals surface area contributed by atoms with E-state index >= 15 is 0 Å². The lowest BCUT2D eigenvalue weighted by Crippen LogP contribution is -2.31. The van der Waals surface area contributed by atoms with Gasteiger partial charge in [-0.15, -0.1) is 11.8 Å². The zero-order chi connectivity index (χ0) is 17.7. The van der Waals surface area contributed by atoms with Gasteiger partial charge in [0.1, 0.15) is 11.5 Å². The fourth-order valence-corrected chi connectivity index (χ4v) is 3.10. The van der Waals surface area contributed by atoms with E-state index in [1.807, 2.05) is 45.0 Å². The van der Waals surface area contributed by atoms with Gasteiger partial charge in [-0.2, -0.15) is 0 Å². The van der Waals surface area contributed by atoms with Crippen LogP contribution in [0, 0.1) is 13.8 Å². The van der Waals surface area contributed by atoms with E-state index < -0.39 is 5.91 Å².